The van der Waals surface area contributed by atoms with Crippen LogP contribution in [0.3, 0.4) is 0 Å². The van der Waals surface area contributed by atoms with Gasteiger partial charge < -0.3 is 4.90 Å². The van der Waals surface area contributed by atoms with E-state index in [0.717, 1.165) is 4.52 Å². The molecule has 0 atom stereocenters. The van der Waals surface area contributed by atoms with Gasteiger partial charge in [-0.1, -0.05) is 0 Å². The molecule has 0 spiro atoms. The number of aryl methyl sites for hydroxylation is 3. The Balaban J connectivity index is 1.54. The summed E-state index contributed by atoms with van der Waals surface area (Å²) in [5, 5.41) is 8.12. The average molecular weight is 468 g/mol. The van der Waals surface area contributed by atoms with Gasteiger partial charge in [-0.05, 0) is 26.8 Å². The second kappa shape index (κ2) is 8.20. The fourth-order valence-electron chi connectivity index (χ4n) is 3.78. The molecule has 10 nitrogen and oxygen atoms in total. The van der Waals surface area contributed by atoms with Crippen LogP contribution in [0.1, 0.15) is 40.8 Å². The molecule has 0 N–H and O–H groups in total. The lowest BCUT2D eigenvalue weighted by Gasteiger charge is -2.33. The average Bonchev–Trinajstić information content (AvgIpc) is 3.36. The standard InChI is InChI=1S/C19H23F2N7O3S/c1-4-26-11-16(13(3)24-26)32(30,31)27-7-5-25(6-8-27)19(29)14-10-22-28-15(17(20)21)9-12(2)23-18(14)28/h9-11,17H,4-8H2,1-3H3. The van der Waals surface area contributed by atoms with Crippen molar-refractivity contribution in [2.75, 3.05) is 26.2 Å². The van der Waals surface area contributed by atoms with Crippen molar-refractivity contribution >= 4 is 21.6 Å². The van der Waals surface area contributed by atoms with Crippen molar-refractivity contribution in [3.8, 4) is 0 Å². The summed E-state index contributed by atoms with van der Waals surface area (Å²) < 4.78 is 56.6. The van der Waals surface area contributed by atoms with Gasteiger partial charge in [-0.2, -0.15) is 14.5 Å². The Kier molecular flexibility index (Phi) is 5.71. The molecule has 1 aliphatic heterocycles. The van der Waals surface area contributed by atoms with E-state index in [4.69, 9.17) is 0 Å². The van der Waals surface area contributed by atoms with Crippen molar-refractivity contribution in [3.05, 3.63) is 41.1 Å². The predicted molar refractivity (Wildman–Crippen MR) is 110 cm³/mol. The lowest BCUT2D eigenvalue weighted by molar-refractivity contribution is 0.0699. The minimum atomic E-state index is -3.74. The molecule has 0 radical (unpaired) electrons. The molecular weight excluding hydrogens is 444 g/mol. The third-order valence-corrected chi connectivity index (χ3v) is 7.45. The number of aromatic nitrogens is 5. The molecule has 0 bridgehead atoms. The number of nitrogens with zero attached hydrogens (tertiary/aromatic N) is 7. The van der Waals surface area contributed by atoms with E-state index in [1.807, 2.05) is 6.92 Å². The van der Waals surface area contributed by atoms with E-state index >= 15 is 0 Å². The monoisotopic (exact) mass is 467 g/mol. The van der Waals surface area contributed by atoms with Crippen LogP contribution >= 0.6 is 0 Å². The number of piperazine rings is 1. The highest BCUT2D eigenvalue weighted by Gasteiger charge is 2.33. The van der Waals surface area contributed by atoms with Gasteiger partial charge in [-0.15, -0.1) is 0 Å². The first kappa shape index (κ1) is 22.3. The second-order valence-corrected chi connectivity index (χ2v) is 9.45. The Hall–Kier alpha value is -2.93. The summed E-state index contributed by atoms with van der Waals surface area (Å²) >= 11 is 0. The third kappa shape index (κ3) is 3.75. The summed E-state index contributed by atoms with van der Waals surface area (Å²) in [6.45, 7) is 6.17. The maximum Gasteiger partial charge on any atom is 0.280 e. The molecule has 0 unspecified atom stereocenters. The van der Waals surface area contributed by atoms with Gasteiger partial charge in [0.1, 0.15) is 16.2 Å². The normalized spacial score (nSPS) is 15.8. The fourth-order valence-corrected chi connectivity index (χ4v) is 5.37. The number of hydrogen-bond acceptors (Lipinski definition) is 6. The smallest absolute Gasteiger partial charge is 0.280 e. The van der Waals surface area contributed by atoms with Gasteiger partial charge in [0.05, 0.1) is 11.9 Å². The van der Waals surface area contributed by atoms with E-state index in [9.17, 15) is 22.0 Å². The van der Waals surface area contributed by atoms with Crippen LogP contribution < -0.4 is 0 Å². The molecule has 4 rings (SSSR count). The number of amides is 1. The van der Waals surface area contributed by atoms with Crippen molar-refractivity contribution in [1.82, 2.24) is 33.6 Å². The fraction of sp³-hybridized carbons (Fsp3) is 0.474. The van der Waals surface area contributed by atoms with E-state index < -0.39 is 22.4 Å². The largest absolute Gasteiger partial charge is 0.336 e. The maximum absolute atomic E-state index is 13.3. The summed E-state index contributed by atoms with van der Waals surface area (Å²) in [7, 11) is -3.74. The Morgan fingerprint density at radius 1 is 1.19 bits per heavy atom. The predicted octanol–water partition coefficient (Wildman–Crippen LogP) is 1.65. The minimum Gasteiger partial charge on any atom is -0.336 e. The van der Waals surface area contributed by atoms with Crippen LogP contribution in [0, 0.1) is 13.8 Å². The SMILES string of the molecule is CCn1cc(S(=O)(=O)N2CCN(C(=O)c3cnn4c(C(F)F)cc(C)nc34)CC2)c(C)n1. The van der Waals surface area contributed by atoms with Crippen LogP contribution in [0.5, 0.6) is 0 Å². The summed E-state index contributed by atoms with van der Waals surface area (Å²) in [6.07, 6.45) is -0.0338. The van der Waals surface area contributed by atoms with E-state index in [2.05, 4.69) is 15.2 Å². The highest BCUT2D eigenvalue weighted by atomic mass is 32.2. The van der Waals surface area contributed by atoms with Gasteiger partial charge in [0, 0.05) is 44.6 Å². The van der Waals surface area contributed by atoms with Crippen molar-refractivity contribution in [2.24, 2.45) is 0 Å². The molecule has 13 heteroatoms. The van der Waals surface area contributed by atoms with Gasteiger partial charge in [0.2, 0.25) is 10.0 Å². The van der Waals surface area contributed by atoms with Crippen LogP contribution in [0.15, 0.2) is 23.4 Å². The van der Waals surface area contributed by atoms with E-state index in [0.29, 0.717) is 17.9 Å². The van der Waals surface area contributed by atoms with Gasteiger partial charge in [-0.3, -0.25) is 9.48 Å². The van der Waals surface area contributed by atoms with Crippen LogP contribution in [0.2, 0.25) is 0 Å². The Bertz CT molecular complexity index is 1280. The number of rotatable bonds is 5. The summed E-state index contributed by atoms with van der Waals surface area (Å²) in [4.78, 5) is 18.9. The van der Waals surface area contributed by atoms with E-state index in [1.54, 1.807) is 18.5 Å². The van der Waals surface area contributed by atoms with Gasteiger partial charge in [0.25, 0.3) is 12.3 Å². The zero-order chi connectivity index (χ0) is 23.2. The minimum absolute atomic E-state index is 0.0583. The molecule has 0 aliphatic carbocycles. The third-order valence-electron chi connectivity index (χ3n) is 5.45. The molecule has 32 heavy (non-hydrogen) atoms. The van der Waals surface area contributed by atoms with Crippen LogP contribution in [0.4, 0.5) is 8.78 Å². The number of halogens is 2. The van der Waals surface area contributed by atoms with Crippen LogP contribution in [0.25, 0.3) is 5.65 Å². The van der Waals surface area contributed by atoms with Gasteiger partial charge in [0.15, 0.2) is 5.65 Å². The first-order valence-corrected chi connectivity index (χ1v) is 11.5. The number of carbonyl (C=O) groups excluding carboxylic acids is 1. The highest BCUT2D eigenvalue weighted by molar-refractivity contribution is 7.89. The lowest BCUT2D eigenvalue weighted by atomic mass is 10.2. The second-order valence-electron chi connectivity index (χ2n) is 7.55. The maximum atomic E-state index is 13.3. The topological polar surface area (TPSA) is 106 Å². The summed E-state index contributed by atoms with van der Waals surface area (Å²) in [5.74, 6) is -0.426. The Morgan fingerprint density at radius 2 is 1.88 bits per heavy atom. The van der Waals surface area contributed by atoms with Gasteiger partial charge in [-0.25, -0.2) is 26.7 Å². The van der Waals surface area contributed by atoms with Crippen LogP contribution in [-0.2, 0) is 16.6 Å². The molecular formula is C19H23F2N7O3S. The van der Waals surface area contributed by atoms with E-state index in [1.165, 1.54) is 27.7 Å². The molecule has 4 heterocycles. The summed E-state index contributed by atoms with van der Waals surface area (Å²) in [6, 6.07) is 1.23. The molecule has 3 aromatic rings. The first-order chi connectivity index (χ1) is 15.1. The molecule has 3 aromatic heterocycles. The molecule has 1 amide bonds. The number of hydrogen-bond donors (Lipinski definition) is 0. The number of carbonyl (C=O) groups is 1. The Morgan fingerprint density at radius 3 is 2.47 bits per heavy atom. The highest BCUT2D eigenvalue weighted by Crippen LogP contribution is 2.24. The number of alkyl halides is 2. The van der Waals surface area contributed by atoms with E-state index in [-0.39, 0.29) is 48.0 Å². The number of fused-ring (bicyclic) bond motifs is 1. The molecule has 1 fully saturated rings. The first-order valence-electron chi connectivity index (χ1n) is 10.1. The van der Waals surface area contributed by atoms with Crippen molar-refractivity contribution in [1.29, 1.82) is 0 Å². The van der Waals surface area contributed by atoms with Crippen molar-refractivity contribution in [3.63, 3.8) is 0 Å². The van der Waals surface area contributed by atoms with Crippen molar-refractivity contribution in [2.45, 2.75) is 38.6 Å². The van der Waals surface area contributed by atoms with Crippen molar-refractivity contribution < 1.29 is 22.0 Å². The van der Waals surface area contributed by atoms with Gasteiger partial charge >= 0.3 is 0 Å². The zero-order valence-electron chi connectivity index (χ0n) is 17.9. The molecule has 172 valence electrons. The zero-order valence-corrected chi connectivity index (χ0v) is 18.7. The summed E-state index contributed by atoms with van der Waals surface area (Å²) in [5.41, 5.74) is 0.592. The molecule has 1 aliphatic rings. The number of sulfonamides is 1. The quantitative estimate of drug-likeness (QED) is 0.565. The molecule has 0 saturated carbocycles. The van der Waals surface area contributed by atoms with Crippen LogP contribution in [-0.4, -0.2) is 74.1 Å². The lowest BCUT2D eigenvalue weighted by Crippen LogP contribution is -2.50. The molecule has 0 aromatic carbocycles. The Labute approximate surface area is 183 Å². The molecule has 1 saturated heterocycles.